The van der Waals surface area contributed by atoms with Gasteiger partial charge in [0.2, 0.25) is 0 Å². The van der Waals surface area contributed by atoms with E-state index in [2.05, 4.69) is 12.1 Å². The van der Waals surface area contributed by atoms with E-state index in [4.69, 9.17) is 18.6 Å². The van der Waals surface area contributed by atoms with Crippen molar-refractivity contribution in [3.8, 4) is 0 Å². The third kappa shape index (κ3) is 7.67. The number of fused-ring (bicyclic) bond motifs is 1. The predicted molar refractivity (Wildman–Crippen MR) is 131 cm³/mol. The Balaban J connectivity index is 1.67. The normalized spacial score (nSPS) is 23.0. The maximum absolute atomic E-state index is 12.7. The molecule has 4 atom stereocenters. The Morgan fingerprint density at radius 1 is 1.24 bits per heavy atom. The fourth-order valence-corrected chi connectivity index (χ4v) is 4.51. The summed E-state index contributed by atoms with van der Waals surface area (Å²) >= 11 is 0. The summed E-state index contributed by atoms with van der Waals surface area (Å²) in [7, 11) is 1.41. The quantitative estimate of drug-likeness (QED) is 0.165. The van der Waals surface area contributed by atoms with Crippen LogP contribution in [0.1, 0.15) is 88.7 Å². The van der Waals surface area contributed by atoms with Crippen LogP contribution >= 0.6 is 0 Å². The van der Waals surface area contributed by atoms with Gasteiger partial charge < -0.3 is 18.6 Å². The summed E-state index contributed by atoms with van der Waals surface area (Å²) in [4.78, 5) is 24.1. The number of esters is 1. The van der Waals surface area contributed by atoms with E-state index in [9.17, 15) is 9.59 Å². The predicted octanol–water partition coefficient (Wildman–Crippen LogP) is 5.83. The number of ketones is 1. The third-order valence-corrected chi connectivity index (χ3v) is 6.62. The fraction of sp³-hybridized carbons (Fsp3) is 0.643. The molecule has 6 heteroatoms. The van der Waals surface area contributed by atoms with Crippen molar-refractivity contribution in [2.75, 3.05) is 13.7 Å². The molecule has 0 bridgehead atoms. The van der Waals surface area contributed by atoms with Gasteiger partial charge in [0.1, 0.15) is 11.5 Å². The second-order valence-corrected chi connectivity index (χ2v) is 9.75. The molecule has 2 unspecified atom stereocenters. The van der Waals surface area contributed by atoms with E-state index >= 15 is 0 Å². The first-order valence-corrected chi connectivity index (χ1v) is 12.7. The molecule has 2 aliphatic rings. The Kier molecular flexibility index (Phi) is 10.1. The van der Waals surface area contributed by atoms with E-state index < -0.39 is 0 Å². The van der Waals surface area contributed by atoms with Gasteiger partial charge in [-0.1, -0.05) is 24.6 Å². The summed E-state index contributed by atoms with van der Waals surface area (Å²) in [6.45, 7) is 6.81. The van der Waals surface area contributed by atoms with Gasteiger partial charge in [-0.3, -0.25) is 9.59 Å². The molecule has 34 heavy (non-hydrogen) atoms. The zero-order valence-electron chi connectivity index (χ0n) is 21.1. The number of methoxy groups -OCH3 is 1. The van der Waals surface area contributed by atoms with E-state index in [1.807, 2.05) is 26.8 Å². The lowest BCUT2D eigenvalue weighted by atomic mass is 9.96. The summed E-state index contributed by atoms with van der Waals surface area (Å²) in [5.74, 6) is 1.72. The monoisotopic (exact) mass is 472 g/mol. The highest BCUT2D eigenvalue weighted by molar-refractivity contribution is 5.91. The highest BCUT2D eigenvalue weighted by Gasteiger charge is 2.37. The standard InChI is InChI=1S/C28H40O6/c1-19(2)12-13-20(3)24(29)15-14-22-23-17-21(9-5-6-10-27(30)31-4)33-26(23)18-25(22)34-28-11-7-8-16-32-28/h12,14-15,17,20,22,25,28H,5-11,13,16,18H2,1-4H3/b15-14+/t20?,22-,25-,28?/m1/s1. The van der Waals surface area contributed by atoms with Gasteiger partial charge in [0.15, 0.2) is 12.1 Å². The lowest BCUT2D eigenvalue weighted by Gasteiger charge is -2.28. The largest absolute Gasteiger partial charge is 0.469 e. The van der Waals surface area contributed by atoms with Gasteiger partial charge in [0.05, 0.1) is 13.2 Å². The summed E-state index contributed by atoms with van der Waals surface area (Å²) in [5.41, 5.74) is 2.33. The number of aryl methyl sites for hydroxylation is 1. The van der Waals surface area contributed by atoms with Crippen LogP contribution in [-0.4, -0.2) is 37.9 Å². The van der Waals surface area contributed by atoms with Gasteiger partial charge in [-0.05, 0) is 64.5 Å². The molecule has 0 amide bonds. The Morgan fingerprint density at radius 3 is 2.76 bits per heavy atom. The molecule has 0 saturated carbocycles. The molecule has 3 rings (SSSR count). The second kappa shape index (κ2) is 13.1. The highest BCUT2D eigenvalue weighted by Crippen LogP contribution is 2.40. The van der Waals surface area contributed by atoms with Crippen LogP contribution in [0.5, 0.6) is 0 Å². The topological polar surface area (TPSA) is 75.0 Å². The molecule has 1 aromatic rings. The van der Waals surface area contributed by atoms with Gasteiger partial charge in [0, 0.05) is 43.3 Å². The third-order valence-electron chi connectivity index (χ3n) is 6.62. The number of rotatable bonds is 12. The van der Waals surface area contributed by atoms with Crippen LogP contribution in [0.4, 0.5) is 0 Å². The minimum Gasteiger partial charge on any atom is -0.469 e. The van der Waals surface area contributed by atoms with Crippen LogP contribution in [0.15, 0.2) is 34.3 Å². The number of ether oxygens (including phenoxy) is 3. The molecule has 2 heterocycles. The van der Waals surface area contributed by atoms with Crippen LogP contribution < -0.4 is 0 Å². The van der Waals surface area contributed by atoms with E-state index in [1.54, 1.807) is 6.08 Å². The number of unbranched alkanes of at least 4 members (excludes halogenated alkanes) is 1. The SMILES string of the molecule is COC(=O)CCCCc1cc2c(o1)C[C@@H](OC1CCCCO1)[C@@H]2/C=C/C(=O)C(C)CC=C(C)C. The number of furan rings is 1. The molecule has 1 fully saturated rings. The Morgan fingerprint density at radius 2 is 2.06 bits per heavy atom. The number of hydrogen-bond donors (Lipinski definition) is 0. The molecular weight excluding hydrogens is 432 g/mol. The Bertz CT molecular complexity index is 869. The summed E-state index contributed by atoms with van der Waals surface area (Å²) in [5, 5.41) is 0. The molecule has 0 aromatic carbocycles. The molecule has 0 radical (unpaired) electrons. The van der Waals surface area contributed by atoms with Crippen LogP contribution in [-0.2, 0) is 36.6 Å². The van der Waals surface area contributed by atoms with Gasteiger partial charge in [-0.2, -0.15) is 0 Å². The van der Waals surface area contributed by atoms with E-state index in [0.717, 1.165) is 68.6 Å². The minimum absolute atomic E-state index is 0.0345. The lowest BCUT2D eigenvalue weighted by molar-refractivity contribution is -0.188. The first-order chi connectivity index (χ1) is 16.4. The number of carbonyl (C=O) groups excluding carboxylic acids is 2. The van der Waals surface area contributed by atoms with E-state index in [-0.39, 0.29) is 36.0 Å². The average Bonchev–Trinajstić information content (AvgIpc) is 3.36. The van der Waals surface area contributed by atoms with E-state index in [1.165, 1.54) is 12.7 Å². The molecule has 0 spiro atoms. The van der Waals surface area contributed by atoms with Crippen molar-refractivity contribution < 1.29 is 28.2 Å². The smallest absolute Gasteiger partial charge is 0.305 e. The van der Waals surface area contributed by atoms with Crippen molar-refractivity contribution >= 4 is 11.8 Å². The number of hydrogen-bond acceptors (Lipinski definition) is 6. The molecule has 1 aliphatic heterocycles. The Hall–Kier alpha value is -2.18. The number of allylic oxidation sites excluding steroid dienone is 3. The summed E-state index contributed by atoms with van der Waals surface area (Å²) in [6.07, 6.45) is 12.9. The number of carbonyl (C=O) groups is 2. The molecule has 1 aliphatic carbocycles. The van der Waals surface area contributed by atoms with Crippen molar-refractivity contribution in [1.82, 2.24) is 0 Å². The van der Waals surface area contributed by atoms with Crippen molar-refractivity contribution in [1.29, 1.82) is 0 Å². The van der Waals surface area contributed by atoms with Crippen molar-refractivity contribution in [3.63, 3.8) is 0 Å². The van der Waals surface area contributed by atoms with E-state index in [0.29, 0.717) is 12.8 Å². The zero-order valence-corrected chi connectivity index (χ0v) is 21.1. The van der Waals surface area contributed by atoms with Crippen LogP contribution in [0.3, 0.4) is 0 Å². The highest BCUT2D eigenvalue weighted by atomic mass is 16.7. The zero-order chi connectivity index (χ0) is 24.5. The summed E-state index contributed by atoms with van der Waals surface area (Å²) < 4.78 is 23.0. The van der Waals surface area contributed by atoms with Crippen LogP contribution in [0, 0.1) is 5.92 Å². The molecule has 1 saturated heterocycles. The lowest BCUT2D eigenvalue weighted by Crippen LogP contribution is -2.30. The Labute approximate surface area is 203 Å². The first-order valence-electron chi connectivity index (χ1n) is 12.7. The first kappa shape index (κ1) is 26.4. The molecule has 188 valence electrons. The average molecular weight is 473 g/mol. The second-order valence-electron chi connectivity index (χ2n) is 9.75. The van der Waals surface area contributed by atoms with Crippen molar-refractivity contribution in [3.05, 3.63) is 47.0 Å². The van der Waals surface area contributed by atoms with Gasteiger partial charge in [-0.25, -0.2) is 0 Å². The fourth-order valence-electron chi connectivity index (χ4n) is 4.51. The molecule has 1 aromatic heterocycles. The van der Waals surface area contributed by atoms with Crippen molar-refractivity contribution in [2.24, 2.45) is 5.92 Å². The van der Waals surface area contributed by atoms with Gasteiger partial charge >= 0.3 is 5.97 Å². The van der Waals surface area contributed by atoms with Crippen LogP contribution in [0.2, 0.25) is 0 Å². The minimum atomic E-state index is -0.191. The van der Waals surface area contributed by atoms with Gasteiger partial charge in [0.25, 0.3) is 0 Å². The molecular formula is C28H40O6. The molecule has 0 N–H and O–H groups in total. The maximum atomic E-state index is 12.7. The van der Waals surface area contributed by atoms with Gasteiger partial charge in [-0.15, -0.1) is 0 Å². The maximum Gasteiger partial charge on any atom is 0.305 e. The van der Waals surface area contributed by atoms with Crippen LogP contribution in [0.25, 0.3) is 0 Å². The molecule has 6 nitrogen and oxygen atoms in total. The summed E-state index contributed by atoms with van der Waals surface area (Å²) in [6, 6.07) is 2.10. The van der Waals surface area contributed by atoms with Crippen molar-refractivity contribution in [2.45, 2.75) is 96.9 Å².